The lowest BCUT2D eigenvalue weighted by molar-refractivity contribution is -0.125. The molecular weight excluding hydrogens is 204 g/mol. The van der Waals surface area contributed by atoms with Crippen molar-refractivity contribution >= 4 is 5.91 Å². The van der Waals surface area contributed by atoms with Crippen molar-refractivity contribution < 1.29 is 9.53 Å². The molecule has 0 aromatic rings. The van der Waals surface area contributed by atoms with Crippen LogP contribution in [-0.4, -0.2) is 38.8 Å². The highest BCUT2D eigenvalue weighted by atomic mass is 16.5. The molecule has 1 aliphatic rings. The van der Waals surface area contributed by atoms with Gasteiger partial charge in [-0.3, -0.25) is 4.79 Å². The summed E-state index contributed by atoms with van der Waals surface area (Å²) >= 11 is 0. The second-order valence-electron chi connectivity index (χ2n) is 4.66. The van der Waals surface area contributed by atoms with Crippen molar-refractivity contribution in [1.29, 1.82) is 0 Å². The summed E-state index contributed by atoms with van der Waals surface area (Å²) in [5.41, 5.74) is 0. The van der Waals surface area contributed by atoms with Crippen LogP contribution in [0.5, 0.6) is 0 Å². The maximum absolute atomic E-state index is 11.6. The number of carbonyl (C=O) groups is 1. The van der Waals surface area contributed by atoms with Gasteiger partial charge in [0.2, 0.25) is 5.91 Å². The van der Waals surface area contributed by atoms with Gasteiger partial charge in [-0.25, -0.2) is 0 Å². The van der Waals surface area contributed by atoms with Crippen molar-refractivity contribution in [2.24, 2.45) is 5.92 Å². The van der Waals surface area contributed by atoms with E-state index in [4.69, 9.17) is 4.74 Å². The van der Waals surface area contributed by atoms with Crippen LogP contribution >= 0.6 is 0 Å². The lowest BCUT2D eigenvalue weighted by Crippen LogP contribution is -2.35. The molecule has 94 valence electrons. The average Bonchev–Trinajstić information content (AvgIpc) is 2.28. The van der Waals surface area contributed by atoms with E-state index >= 15 is 0 Å². The van der Waals surface area contributed by atoms with E-state index in [0.29, 0.717) is 12.3 Å². The summed E-state index contributed by atoms with van der Waals surface area (Å²) in [5, 5.41) is 6.05. The van der Waals surface area contributed by atoms with Gasteiger partial charge in [0, 0.05) is 13.2 Å². The van der Waals surface area contributed by atoms with Crippen LogP contribution in [-0.2, 0) is 9.53 Å². The van der Waals surface area contributed by atoms with E-state index in [0.717, 1.165) is 32.5 Å². The molecular formula is C12H24N2O2. The Balaban J connectivity index is 2.10. The van der Waals surface area contributed by atoms with E-state index in [1.165, 1.54) is 6.42 Å². The van der Waals surface area contributed by atoms with Crippen molar-refractivity contribution in [3.05, 3.63) is 0 Å². The first-order chi connectivity index (χ1) is 7.72. The summed E-state index contributed by atoms with van der Waals surface area (Å²) in [4.78, 5) is 11.6. The third-order valence-corrected chi connectivity index (χ3v) is 2.89. The zero-order chi connectivity index (χ0) is 11.8. The molecule has 16 heavy (non-hydrogen) atoms. The Morgan fingerprint density at radius 1 is 1.44 bits per heavy atom. The van der Waals surface area contributed by atoms with Gasteiger partial charge >= 0.3 is 0 Å². The van der Waals surface area contributed by atoms with Crippen molar-refractivity contribution in [2.45, 2.75) is 38.7 Å². The zero-order valence-electron chi connectivity index (χ0n) is 10.4. The van der Waals surface area contributed by atoms with Crippen molar-refractivity contribution in [3.63, 3.8) is 0 Å². The fourth-order valence-corrected chi connectivity index (χ4v) is 1.96. The summed E-state index contributed by atoms with van der Waals surface area (Å²) < 4.78 is 5.53. The van der Waals surface area contributed by atoms with Gasteiger partial charge in [-0.2, -0.15) is 0 Å². The Morgan fingerprint density at radius 2 is 2.25 bits per heavy atom. The Labute approximate surface area is 98.1 Å². The van der Waals surface area contributed by atoms with Gasteiger partial charge in [0.15, 0.2) is 0 Å². The fourth-order valence-electron chi connectivity index (χ4n) is 1.96. The smallest absolute Gasteiger partial charge is 0.222 e. The van der Waals surface area contributed by atoms with Gasteiger partial charge in [-0.05, 0) is 38.8 Å². The lowest BCUT2D eigenvalue weighted by atomic mass is 10.1. The Kier molecular flexibility index (Phi) is 6.42. The number of hydrogen-bond acceptors (Lipinski definition) is 3. The van der Waals surface area contributed by atoms with E-state index in [-0.39, 0.29) is 12.0 Å². The molecule has 4 heteroatoms. The Hall–Kier alpha value is -0.610. The molecule has 1 rings (SSSR count). The first-order valence-electron chi connectivity index (χ1n) is 6.25. The molecule has 0 radical (unpaired) electrons. The highest BCUT2D eigenvalue weighted by Gasteiger charge is 2.17. The predicted octanol–water partition coefficient (Wildman–Crippen LogP) is 0.917. The Bertz CT molecular complexity index is 203. The maximum atomic E-state index is 11.6. The molecule has 0 bridgehead atoms. The third kappa shape index (κ3) is 5.47. The summed E-state index contributed by atoms with van der Waals surface area (Å²) in [6, 6.07) is 0. The van der Waals surface area contributed by atoms with Gasteiger partial charge in [0.05, 0.1) is 12.5 Å². The molecule has 0 aliphatic carbocycles. The highest BCUT2D eigenvalue weighted by molar-refractivity contribution is 5.76. The normalized spacial score (nSPS) is 22.8. The third-order valence-electron chi connectivity index (χ3n) is 2.89. The molecule has 2 atom stereocenters. The minimum atomic E-state index is 0.120. The standard InChI is InChI=1S/C12H24N2O2/c1-10(8-13-2)9-14-12(15)7-11-5-3-4-6-16-11/h10-11,13H,3-9H2,1-2H3,(H,14,15). The molecule has 1 heterocycles. The maximum Gasteiger partial charge on any atom is 0.222 e. The topological polar surface area (TPSA) is 50.4 Å². The summed E-state index contributed by atoms with van der Waals surface area (Å²) in [5.74, 6) is 0.594. The minimum Gasteiger partial charge on any atom is -0.378 e. The lowest BCUT2D eigenvalue weighted by Gasteiger charge is -2.22. The van der Waals surface area contributed by atoms with Gasteiger partial charge in [0.25, 0.3) is 0 Å². The van der Waals surface area contributed by atoms with Gasteiger partial charge in [-0.1, -0.05) is 6.92 Å². The number of hydrogen-bond donors (Lipinski definition) is 2. The van der Waals surface area contributed by atoms with Crippen LogP contribution in [0.15, 0.2) is 0 Å². The first kappa shape index (κ1) is 13.5. The van der Waals surface area contributed by atoms with E-state index in [2.05, 4.69) is 17.6 Å². The van der Waals surface area contributed by atoms with E-state index < -0.39 is 0 Å². The molecule has 2 unspecified atom stereocenters. The van der Waals surface area contributed by atoms with Crippen molar-refractivity contribution in [3.8, 4) is 0 Å². The molecule has 0 aromatic heterocycles. The van der Waals surface area contributed by atoms with E-state index in [9.17, 15) is 4.79 Å². The second-order valence-corrected chi connectivity index (χ2v) is 4.66. The second kappa shape index (κ2) is 7.63. The molecule has 1 aliphatic heterocycles. The zero-order valence-corrected chi connectivity index (χ0v) is 10.4. The molecule has 1 saturated heterocycles. The molecule has 0 saturated carbocycles. The molecule has 4 nitrogen and oxygen atoms in total. The Morgan fingerprint density at radius 3 is 2.88 bits per heavy atom. The van der Waals surface area contributed by atoms with Crippen LogP contribution in [0.25, 0.3) is 0 Å². The van der Waals surface area contributed by atoms with Gasteiger partial charge in [-0.15, -0.1) is 0 Å². The van der Waals surface area contributed by atoms with Crippen LogP contribution in [0.4, 0.5) is 0 Å². The quantitative estimate of drug-likeness (QED) is 0.710. The molecule has 0 spiro atoms. The summed E-state index contributed by atoms with van der Waals surface area (Å²) in [7, 11) is 1.92. The van der Waals surface area contributed by atoms with Crippen LogP contribution in [0.3, 0.4) is 0 Å². The van der Waals surface area contributed by atoms with Crippen LogP contribution < -0.4 is 10.6 Å². The van der Waals surface area contributed by atoms with Crippen molar-refractivity contribution in [2.75, 3.05) is 26.7 Å². The number of nitrogens with one attached hydrogen (secondary N) is 2. The van der Waals surface area contributed by atoms with Gasteiger partial charge in [0.1, 0.15) is 0 Å². The van der Waals surface area contributed by atoms with E-state index in [1.807, 2.05) is 7.05 Å². The van der Waals surface area contributed by atoms with Crippen LogP contribution in [0, 0.1) is 5.92 Å². The molecule has 2 N–H and O–H groups in total. The predicted molar refractivity (Wildman–Crippen MR) is 64.3 cm³/mol. The van der Waals surface area contributed by atoms with Crippen molar-refractivity contribution in [1.82, 2.24) is 10.6 Å². The van der Waals surface area contributed by atoms with Crippen LogP contribution in [0.1, 0.15) is 32.6 Å². The van der Waals surface area contributed by atoms with Gasteiger partial charge < -0.3 is 15.4 Å². The number of ether oxygens (including phenoxy) is 1. The SMILES string of the molecule is CNCC(C)CNC(=O)CC1CCCCO1. The molecule has 1 fully saturated rings. The molecule has 0 aromatic carbocycles. The largest absolute Gasteiger partial charge is 0.378 e. The highest BCUT2D eigenvalue weighted by Crippen LogP contribution is 2.15. The number of carbonyl (C=O) groups excluding carboxylic acids is 1. The number of amides is 1. The summed E-state index contributed by atoms with van der Waals surface area (Å²) in [6.45, 7) is 4.61. The first-order valence-corrected chi connectivity index (χ1v) is 6.25. The average molecular weight is 228 g/mol. The fraction of sp³-hybridized carbons (Fsp3) is 0.917. The number of rotatable bonds is 6. The minimum absolute atomic E-state index is 0.120. The monoisotopic (exact) mass is 228 g/mol. The molecule has 1 amide bonds. The van der Waals surface area contributed by atoms with Crippen LogP contribution in [0.2, 0.25) is 0 Å². The summed E-state index contributed by atoms with van der Waals surface area (Å²) in [6.07, 6.45) is 4.02. The van der Waals surface area contributed by atoms with E-state index in [1.54, 1.807) is 0 Å².